The smallest absolute Gasteiger partial charge is 0.296 e. The van der Waals surface area contributed by atoms with Crippen molar-refractivity contribution in [3.63, 3.8) is 0 Å². The van der Waals surface area contributed by atoms with Gasteiger partial charge >= 0.3 is 0 Å². The summed E-state index contributed by atoms with van der Waals surface area (Å²) >= 11 is 0. The van der Waals surface area contributed by atoms with Crippen LogP contribution in [0.5, 0.6) is 0 Å². The molecule has 0 radical (unpaired) electrons. The van der Waals surface area contributed by atoms with Gasteiger partial charge in [0.1, 0.15) is 47.1 Å². The van der Waals surface area contributed by atoms with Crippen LogP contribution in [0.4, 0.5) is 0 Å². The highest BCUT2D eigenvalue weighted by atomic mass is 32.2. The second kappa shape index (κ2) is 5.60. The highest BCUT2D eigenvalue weighted by molar-refractivity contribution is 7.86. The van der Waals surface area contributed by atoms with Gasteiger partial charge in [-0.1, -0.05) is 22.9 Å². The van der Waals surface area contributed by atoms with Gasteiger partial charge in [0.25, 0.3) is 10.1 Å². The third kappa shape index (κ3) is 3.82. The molecular formula is C10H20B6O4S. The van der Waals surface area contributed by atoms with Crippen molar-refractivity contribution < 1.29 is 17.7 Å². The topological polar surface area (TPSA) is 63.6 Å². The molecule has 0 aliphatic rings. The minimum absolute atomic E-state index is 0.118. The van der Waals surface area contributed by atoms with Crippen LogP contribution in [-0.2, 0) is 14.3 Å². The summed E-state index contributed by atoms with van der Waals surface area (Å²) < 4.78 is 30.3. The molecule has 11 heteroatoms. The molecule has 1 aromatic rings. The average Bonchev–Trinajstić information content (AvgIpc) is 2.26. The Labute approximate surface area is 133 Å². The van der Waals surface area contributed by atoms with Crippen molar-refractivity contribution in [2.24, 2.45) is 0 Å². The van der Waals surface area contributed by atoms with Crippen LogP contribution in [0, 0.1) is 6.92 Å². The van der Waals surface area contributed by atoms with Gasteiger partial charge in [-0.2, -0.15) is 8.42 Å². The van der Waals surface area contributed by atoms with E-state index < -0.39 is 26.1 Å². The van der Waals surface area contributed by atoms with Gasteiger partial charge in [-0.15, -0.1) is 0 Å². The van der Waals surface area contributed by atoms with Crippen molar-refractivity contribution in [3.05, 3.63) is 29.8 Å². The minimum atomic E-state index is -3.89. The van der Waals surface area contributed by atoms with Gasteiger partial charge < -0.3 is 5.11 Å². The Hall–Kier alpha value is -0.520. The van der Waals surface area contributed by atoms with Gasteiger partial charge in [0.2, 0.25) is 0 Å². The maximum atomic E-state index is 12.4. The minimum Gasteiger partial charge on any atom is -0.408 e. The number of hydrogen-bond acceptors (Lipinski definition) is 4. The first kappa shape index (κ1) is 18.5. The molecule has 0 spiro atoms. The Kier molecular flexibility index (Phi) is 4.94. The average molecular weight is 301 g/mol. The molecule has 0 unspecified atom stereocenters. The van der Waals surface area contributed by atoms with E-state index >= 15 is 0 Å². The third-order valence-corrected chi connectivity index (χ3v) is 6.15. The van der Waals surface area contributed by atoms with E-state index in [9.17, 15) is 13.5 Å². The second-order valence-electron chi connectivity index (χ2n) is 7.04. The van der Waals surface area contributed by atoms with Crippen LogP contribution in [0.1, 0.15) is 5.56 Å². The summed E-state index contributed by atoms with van der Waals surface area (Å²) in [6.45, 7) is 1.89. The fourth-order valence-electron chi connectivity index (χ4n) is 1.87. The summed E-state index contributed by atoms with van der Waals surface area (Å²) in [5, 5.41) is 7.36. The molecule has 0 aliphatic carbocycles. The lowest BCUT2D eigenvalue weighted by Gasteiger charge is -2.49. The van der Waals surface area contributed by atoms with Crippen LogP contribution < -0.4 is 0 Å². The Bertz CT molecular complexity index is 605. The maximum Gasteiger partial charge on any atom is 0.296 e. The van der Waals surface area contributed by atoms with E-state index in [2.05, 4.69) is 0 Å². The monoisotopic (exact) mass is 302 g/mol. The fourth-order valence-corrected chi connectivity index (χ4v) is 3.19. The van der Waals surface area contributed by atoms with Gasteiger partial charge in [-0.25, -0.2) is 0 Å². The van der Waals surface area contributed by atoms with Gasteiger partial charge in [0.05, 0.1) is 4.90 Å². The van der Waals surface area contributed by atoms with Crippen molar-refractivity contribution >= 4 is 57.2 Å². The van der Waals surface area contributed by atoms with Crippen LogP contribution in [0.2, 0.25) is 5.21 Å². The molecule has 1 aromatic carbocycles. The lowest BCUT2D eigenvalue weighted by molar-refractivity contribution is 0.120. The molecule has 108 valence electrons. The first-order valence-electron chi connectivity index (χ1n) is 6.95. The summed E-state index contributed by atoms with van der Waals surface area (Å²) in [7, 11) is 6.34. The Morgan fingerprint density at radius 3 is 1.81 bits per heavy atom. The molecule has 1 N–H and O–H groups in total. The molecule has 0 aliphatic heterocycles. The van der Waals surface area contributed by atoms with Gasteiger partial charge in [-0.05, 0) is 24.5 Å². The molecular weight excluding hydrogens is 281 g/mol. The Morgan fingerprint density at radius 1 is 1.00 bits per heavy atom. The molecule has 4 nitrogen and oxygen atoms in total. The van der Waals surface area contributed by atoms with E-state index in [0.717, 1.165) is 5.56 Å². The van der Waals surface area contributed by atoms with Crippen LogP contribution >= 0.6 is 0 Å². The van der Waals surface area contributed by atoms with Crippen molar-refractivity contribution in [1.29, 1.82) is 0 Å². The van der Waals surface area contributed by atoms with Crippen LogP contribution in [0.25, 0.3) is 0 Å². The molecule has 0 bridgehead atoms. The normalized spacial score (nSPS) is 14.0. The highest BCUT2D eigenvalue weighted by Gasteiger charge is 2.49. The third-order valence-electron chi connectivity index (χ3n) is 4.66. The van der Waals surface area contributed by atoms with E-state index in [1.807, 2.05) is 6.92 Å². The number of rotatable bonds is 5. The summed E-state index contributed by atoms with van der Waals surface area (Å²) in [5.41, 5.74) is 0.977. The predicted octanol–water partition coefficient (Wildman–Crippen LogP) is -5.08. The van der Waals surface area contributed by atoms with Crippen molar-refractivity contribution in [3.8, 4) is 0 Å². The molecule has 0 fully saturated rings. The zero-order chi connectivity index (χ0) is 16.7. The van der Waals surface area contributed by atoms with Gasteiger partial charge in [0, 0.05) is 5.40 Å². The molecule has 0 amide bonds. The van der Waals surface area contributed by atoms with Crippen LogP contribution in [0.3, 0.4) is 0 Å². The molecule has 0 heterocycles. The van der Waals surface area contributed by atoms with E-state index in [1.54, 1.807) is 59.2 Å². The Balaban J connectivity index is 3.16. The zero-order valence-electron chi connectivity index (χ0n) is 13.9. The first-order valence-corrected chi connectivity index (χ1v) is 8.36. The van der Waals surface area contributed by atoms with E-state index in [0.29, 0.717) is 0 Å². The van der Waals surface area contributed by atoms with Gasteiger partial charge in [0.15, 0.2) is 0 Å². The predicted molar refractivity (Wildman–Crippen MR) is 101 cm³/mol. The largest absolute Gasteiger partial charge is 0.408 e. The fraction of sp³-hybridized carbons (Fsp3) is 0.400. The van der Waals surface area contributed by atoms with Crippen molar-refractivity contribution in [2.75, 3.05) is 0 Å². The summed E-state index contributed by atoms with van der Waals surface area (Å²) in [5.74, 6) is 0. The summed E-state index contributed by atoms with van der Waals surface area (Å²) in [6.07, 6.45) is 0. The second-order valence-corrected chi connectivity index (χ2v) is 8.59. The van der Waals surface area contributed by atoms with E-state index in [4.69, 9.17) is 4.18 Å². The molecule has 0 atom stereocenters. The van der Waals surface area contributed by atoms with E-state index in [1.165, 1.54) is 12.1 Å². The molecule has 1 rings (SSSR count). The lowest BCUT2D eigenvalue weighted by atomic mass is 9.25. The molecule has 0 aromatic heterocycles. The first-order chi connectivity index (χ1) is 9.21. The quantitative estimate of drug-likeness (QED) is 0.437. The Morgan fingerprint density at radius 2 is 1.43 bits per heavy atom. The van der Waals surface area contributed by atoms with Gasteiger partial charge in [-0.3, -0.25) is 4.18 Å². The number of benzene rings is 1. The van der Waals surface area contributed by atoms with E-state index in [-0.39, 0.29) is 4.90 Å². The molecule has 0 saturated carbocycles. The standard InChI is InChI=1S/C10H20B6O4S/c1-6-2-4-7(5-3-6)21(18,19)20-10(15,16)8(11,12)9(13,14)17/h2-5,17H,11-16H2,1H3. The van der Waals surface area contributed by atoms with Crippen LogP contribution in [-0.4, -0.2) is 71.4 Å². The number of hydrogen-bond donors (Lipinski definition) is 1. The highest BCUT2D eigenvalue weighted by Crippen LogP contribution is 2.40. The lowest BCUT2D eigenvalue weighted by Crippen LogP contribution is -2.61. The zero-order valence-corrected chi connectivity index (χ0v) is 14.7. The van der Waals surface area contributed by atoms with Crippen molar-refractivity contribution in [2.45, 2.75) is 27.8 Å². The number of aliphatic hydroxyl groups is 1. The van der Waals surface area contributed by atoms with Crippen LogP contribution in [0.15, 0.2) is 29.2 Å². The number of aryl methyl sites for hydroxylation is 1. The molecule has 0 saturated heterocycles. The summed E-state index contributed by atoms with van der Waals surface area (Å²) in [4.78, 5) is 0.118. The SMILES string of the molecule is BC(B)(O)C(B)(B)C(B)(B)OS(=O)(=O)c1ccc(C)cc1. The maximum absolute atomic E-state index is 12.4. The summed E-state index contributed by atoms with van der Waals surface area (Å²) in [6, 6.07) is 6.50. The molecule has 21 heavy (non-hydrogen) atoms. The van der Waals surface area contributed by atoms with Crippen molar-refractivity contribution in [1.82, 2.24) is 0 Å².